The minimum atomic E-state index is -4.62. The Morgan fingerprint density at radius 3 is 2.44 bits per heavy atom. The Kier molecular flexibility index (Phi) is 6.26. The predicted molar refractivity (Wildman–Crippen MR) is 115 cm³/mol. The summed E-state index contributed by atoms with van der Waals surface area (Å²) in [5, 5.41) is 16.9. The number of benzene rings is 2. The summed E-state index contributed by atoms with van der Waals surface area (Å²) in [5.41, 5.74) is 0.266. The molecule has 1 amide bonds. The van der Waals surface area contributed by atoms with Crippen LogP contribution in [-0.2, 0) is 6.18 Å². The molecule has 0 spiro atoms. The van der Waals surface area contributed by atoms with Gasteiger partial charge in [-0.1, -0.05) is 48.7 Å². The number of amides is 1. The van der Waals surface area contributed by atoms with E-state index in [-0.39, 0.29) is 22.7 Å². The minimum Gasteiger partial charge on any atom is -0.391 e. The van der Waals surface area contributed by atoms with Gasteiger partial charge in [-0.25, -0.2) is 4.68 Å². The Labute approximate surface area is 187 Å². The molecule has 0 radical (unpaired) electrons. The number of alkyl halides is 3. The molecule has 2 atom stereocenters. The van der Waals surface area contributed by atoms with E-state index in [1.54, 1.807) is 36.4 Å². The third kappa shape index (κ3) is 4.66. The van der Waals surface area contributed by atoms with Gasteiger partial charge in [0.1, 0.15) is 0 Å². The monoisotopic (exact) mass is 463 g/mol. The van der Waals surface area contributed by atoms with Crippen LogP contribution in [0.25, 0.3) is 16.9 Å². The van der Waals surface area contributed by atoms with Crippen molar-refractivity contribution in [1.29, 1.82) is 0 Å². The summed E-state index contributed by atoms with van der Waals surface area (Å²) in [6.45, 7) is 0. The number of aliphatic hydroxyl groups is 1. The lowest BCUT2D eigenvalue weighted by Crippen LogP contribution is -2.45. The normalized spacial score (nSPS) is 19.0. The number of nitrogens with one attached hydrogen (secondary N) is 1. The molecule has 2 unspecified atom stereocenters. The van der Waals surface area contributed by atoms with Gasteiger partial charge in [-0.3, -0.25) is 4.79 Å². The third-order valence-electron chi connectivity index (χ3n) is 5.57. The molecule has 1 heterocycles. The number of halogens is 4. The smallest absolute Gasteiger partial charge is 0.391 e. The molecule has 32 heavy (non-hydrogen) atoms. The van der Waals surface area contributed by atoms with Gasteiger partial charge >= 0.3 is 6.18 Å². The molecule has 0 aliphatic heterocycles. The number of para-hydroxylation sites is 1. The van der Waals surface area contributed by atoms with Crippen LogP contribution in [0.4, 0.5) is 13.2 Å². The average Bonchev–Trinajstić information content (AvgIpc) is 3.21. The summed E-state index contributed by atoms with van der Waals surface area (Å²) in [7, 11) is 0. The van der Waals surface area contributed by atoms with Crippen molar-refractivity contribution in [1.82, 2.24) is 15.1 Å². The lowest BCUT2D eigenvalue weighted by atomic mass is 9.92. The number of carbonyl (C=O) groups is 1. The Hall–Kier alpha value is -2.84. The van der Waals surface area contributed by atoms with Gasteiger partial charge in [0.2, 0.25) is 0 Å². The van der Waals surface area contributed by atoms with Gasteiger partial charge in [-0.15, -0.1) is 0 Å². The van der Waals surface area contributed by atoms with E-state index in [1.807, 2.05) is 0 Å². The summed E-state index contributed by atoms with van der Waals surface area (Å²) in [6.07, 6.45) is -1.96. The van der Waals surface area contributed by atoms with Crippen LogP contribution in [-0.4, -0.2) is 32.9 Å². The predicted octanol–water partition coefficient (Wildman–Crippen LogP) is 5.24. The van der Waals surface area contributed by atoms with Crippen molar-refractivity contribution >= 4 is 17.5 Å². The molecule has 5 nitrogen and oxygen atoms in total. The molecule has 0 bridgehead atoms. The van der Waals surface area contributed by atoms with Gasteiger partial charge in [0.05, 0.1) is 28.5 Å². The van der Waals surface area contributed by atoms with Crippen LogP contribution < -0.4 is 5.32 Å². The van der Waals surface area contributed by atoms with Crippen molar-refractivity contribution in [2.75, 3.05) is 0 Å². The lowest BCUT2D eigenvalue weighted by molar-refractivity contribution is -0.141. The fraction of sp³-hybridized carbons (Fsp3) is 0.304. The maximum atomic E-state index is 13.4. The molecule has 1 aliphatic rings. The Morgan fingerprint density at radius 2 is 1.78 bits per heavy atom. The zero-order valence-corrected chi connectivity index (χ0v) is 17.7. The van der Waals surface area contributed by atoms with Crippen LogP contribution in [0.15, 0.2) is 54.6 Å². The topological polar surface area (TPSA) is 67.2 Å². The number of aromatic nitrogens is 2. The zero-order valence-electron chi connectivity index (χ0n) is 16.9. The van der Waals surface area contributed by atoms with E-state index in [9.17, 15) is 23.1 Å². The van der Waals surface area contributed by atoms with Crippen molar-refractivity contribution in [2.45, 2.75) is 44.0 Å². The van der Waals surface area contributed by atoms with E-state index in [1.165, 1.54) is 12.1 Å². The number of nitrogens with zero attached hydrogens (tertiary/aromatic N) is 2. The van der Waals surface area contributed by atoms with Crippen LogP contribution in [0.3, 0.4) is 0 Å². The molecule has 1 saturated carbocycles. The molecule has 1 fully saturated rings. The Balaban J connectivity index is 1.64. The second-order valence-electron chi connectivity index (χ2n) is 7.78. The first-order valence-electron chi connectivity index (χ1n) is 10.3. The molecule has 2 aromatic carbocycles. The second-order valence-corrected chi connectivity index (χ2v) is 8.19. The van der Waals surface area contributed by atoms with Crippen LogP contribution in [0.2, 0.25) is 5.02 Å². The number of carbonyl (C=O) groups excluding carboxylic acids is 1. The summed E-state index contributed by atoms with van der Waals surface area (Å²) in [6, 6.07) is 13.4. The highest BCUT2D eigenvalue weighted by Crippen LogP contribution is 2.34. The first-order chi connectivity index (χ1) is 15.2. The number of hydrogen-bond acceptors (Lipinski definition) is 3. The van der Waals surface area contributed by atoms with E-state index in [0.717, 1.165) is 23.6 Å². The molecule has 3 aromatic rings. The van der Waals surface area contributed by atoms with Gasteiger partial charge in [-0.2, -0.15) is 18.3 Å². The zero-order chi connectivity index (χ0) is 22.9. The Bertz CT molecular complexity index is 1110. The van der Waals surface area contributed by atoms with Crippen LogP contribution in [0.1, 0.15) is 41.7 Å². The van der Waals surface area contributed by atoms with Gasteiger partial charge < -0.3 is 10.4 Å². The van der Waals surface area contributed by atoms with Crippen LogP contribution in [0.5, 0.6) is 0 Å². The number of hydrogen-bond donors (Lipinski definition) is 2. The van der Waals surface area contributed by atoms with Crippen LogP contribution in [0, 0.1) is 0 Å². The number of aliphatic hydroxyl groups excluding tert-OH is 1. The van der Waals surface area contributed by atoms with Gasteiger partial charge in [0.15, 0.2) is 5.69 Å². The highest BCUT2D eigenvalue weighted by atomic mass is 35.5. The number of rotatable bonds is 4. The average molecular weight is 464 g/mol. The van der Waals surface area contributed by atoms with Crippen molar-refractivity contribution in [3.63, 3.8) is 0 Å². The minimum absolute atomic E-state index is 0.195. The highest BCUT2D eigenvalue weighted by molar-refractivity contribution is 6.32. The molecular formula is C23H21ClF3N3O2. The third-order valence-corrected chi connectivity index (χ3v) is 5.89. The van der Waals surface area contributed by atoms with E-state index in [4.69, 9.17) is 11.6 Å². The molecule has 168 valence electrons. The maximum Gasteiger partial charge on any atom is 0.435 e. The van der Waals surface area contributed by atoms with Crippen molar-refractivity contribution < 1.29 is 23.1 Å². The van der Waals surface area contributed by atoms with E-state index < -0.39 is 18.0 Å². The largest absolute Gasteiger partial charge is 0.435 e. The first kappa shape index (κ1) is 22.4. The standard InChI is InChI=1S/C23H21ClF3N3O2/c24-16-5-1-3-7-18(16)30-19(13-21(29-30)23(25,26)27)14-9-11-15(12-10-14)22(32)28-17-6-2-4-8-20(17)31/h1,3,5,7,9-13,17,20,31H,2,4,6,8H2,(H,28,32). The van der Waals surface area contributed by atoms with E-state index in [2.05, 4.69) is 10.4 Å². The molecule has 4 rings (SSSR count). The van der Waals surface area contributed by atoms with E-state index in [0.29, 0.717) is 29.7 Å². The molecule has 2 N–H and O–H groups in total. The quantitative estimate of drug-likeness (QED) is 0.555. The summed E-state index contributed by atoms with van der Waals surface area (Å²) in [4.78, 5) is 12.6. The molecular weight excluding hydrogens is 443 g/mol. The Morgan fingerprint density at radius 1 is 1.09 bits per heavy atom. The van der Waals surface area contributed by atoms with Crippen LogP contribution >= 0.6 is 11.6 Å². The molecule has 0 saturated heterocycles. The summed E-state index contributed by atoms with van der Waals surface area (Å²) >= 11 is 6.20. The second kappa shape index (κ2) is 8.96. The fourth-order valence-electron chi connectivity index (χ4n) is 3.86. The van der Waals surface area contributed by atoms with Gasteiger partial charge in [-0.05, 0) is 43.2 Å². The molecule has 1 aromatic heterocycles. The first-order valence-corrected chi connectivity index (χ1v) is 10.6. The van der Waals surface area contributed by atoms with Gasteiger partial charge in [0, 0.05) is 11.1 Å². The lowest BCUT2D eigenvalue weighted by Gasteiger charge is -2.28. The van der Waals surface area contributed by atoms with Crippen molar-refractivity contribution in [3.8, 4) is 16.9 Å². The SMILES string of the molecule is O=C(NC1CCCCC1O)c1ccc(-c2cc(C(F)(F)F)nn2-c2ccccc2Cl)cc1. The maximum absolute atomic E-state index is 13.4. The van der Waals surface area contributed by atoms with Crippen molar-refractivity contribution in [2.24, 2.45) is 0 Å². The summed E-state index contributed by atoms with van der Waals surface area (Å²) < 4.78 is 41.2. The van der Waals surface area contributed by atoms with E-state index >= 15 is 0 Å². The highest BCUT2D eigenvalue weighted by Gasteiger charge is 2.35. The van der Waals surface area contributed by atoms with Gasteiger partial charge in [0.25, 0.3) is 5.91 Å². The molecule has 9 heteroatoms. The summed E-state index contributed by atoms with van der Waals surface area (Å²) in [5.74, 6) is -0.335. The fourth-order valence-corrected chi connectivity index (χ4v) is 4.07. The van der Waals surface area contributed by atoms with Crippen molar-refractivity contribution in [3.05, 3.63) is 70.9 Å². The molecule has 1 aliphatic carbocycles.